The van der Waals surface area contributed by atoms with Crippen LogP contribution < -0.4 is 5.66 Å². The summed E-state index contributed by atoms with van der Waals surface area (Å²) < 4.78 is 9.01. The Morgan fingerprint density at radius 3 is 2.83 bits per heavy atom. The largest absolute Gasteiger partial charge is 0.527 e. The summed E-state index contributed by atoms with van der Waals surface area (Å²) in [5.74, 6) is -0.660. The maximum Gasteiger partial charge on any atom is 0.527 e. The molecule has 0 aliphatic rings. The number of rotatable bonds is 2. The first-order valence-corrected chi connectivity index (χ1v) is 3.18. The van der Waals surface area contributed by atoms with Gasteiger partial charge >= 0.3 is 13.1 Å². The lowest BCUT2D eigenvalue weighted by atomic mass is 9.84. The summed E-state index contributed by atoms with van der Waals surface area (Å²) in [4.78, 5) is 10.9. The van der Waals surface area contributed by atoms with E-state index in [1.807, 2.05) is 0 Å². The molecule has 0 aliphatic carbocycles. The van der Waals surface area contributed by atoms with E-state index in [9.17, 15) is 4.79 Å². The molecule has 0 bridgehead atoms. The van der Waals surface area contributed by atoms with Crippen molar-refractivity contribution in [1.82, 2.24) is 0 Å². The second-order valence-corrected chi connectivity index (χ2v) is 2.06. The van der Waals surface area contributed by atoms with Gasteiger partial charge in [-0.15, -0.1) is 0 Å². The first kappa shape index (κ1) is 8.83. The fraction of sp³-hybridized carbons (Fsp3) is 0.167. The lowest BCUT2D eigenvalue weighted by Crippen LogP contribution is -2.33. The SMILES string of the molecule is COC(=O)c1ccoc1B(O)O. The van der Waals surface area contributed by atoms with Crippen LogP contribution in [0.25, 0.3) is 0 Å². The van der Waals surface area contributed by atoms with Gasteiger partial charge in [-0.3, -0.25) is 0 Å². The quantitative estimate of drug-likeness (QED) is 0.428. The molecule has 0 fully saturated rings. The van der Waals surface area contributed by atoms with E-state index in [1.165, 1.54) is 19.4 Å². The zero-order valence-corrected chi connectivity index (χ0v) is 6.35. The van der Waals surface area contributed by atoms with Crippen molar-refractivity contribution in [1.29, 1.82) is 0 Å². The Morgan fingerprint density at radius 1 is 1.67 bits per heavy atom. The van der Waals surface area contributed by atoms with Crippen LogP contribution in [0.2, 0.25) is 0 Å². The van der Waals surface area contributed by atoms with Gasteiger partial charge in [-0.2, -0.15) is 0 Å². The van der Waals surface area contributed by atoms with Gasteiger partial charge in [0.1, 0.15) is 5.66 Å². The third-order valence-corrected chi connectivity index (χ3v) is 1.33. The molecule has 0 spiro atoms. The summed E-state index contributed by atoms with van der Waals surface area (Å²) in [6.45, 7) is 0. The van der Waals surface area contributed by atoms with E-state index >= 15 is 0 Å². The van der Waals surface area contributed by atoms with Crippen molar-refractivity contribution in [2.24, 2.45) is 0 Å². The van der Waals surface area contributed by atoms with Crippen LogP contribution in [0.1, 0.15) is 10.4 Å². The minimum atomic E-state index is -1.80. The molecule has 1 aromatic rings. The van der Waals surface area contributed by atoms with E-state index in [4.69, 9.17) is 10.0 Å². The number of ether oxygens (including phenoxy) is 1. The Balaban J connectivity index is 2.99. The summed E-state index contributed by atoms with van der Waals surface area (Å²) in [5, 5.41) is 17.4. The van der Waals surface area contributed by atoms with Gasteiger partial charge in [0.15, 0.2) is 0 Å². The molecule has 0 saturated heterocycles. The van der Waals surface area contributed by atoms with Crippen LogP contribution in [-0.2, 0) is 4.74 Å². The highest BCUT2D eigenvalue weighted by Crippen LogP contribution is 1.99. The molecule has 0 unspecified atom stereocenters. The summed E-state index contributed by atoms with van der Waals surface area (Å²) in [6.07, 6.45) is 1.18. The van der Waals surface area contributed by atoms with Crippen molar-refractivity contribution in [3.63, 3.8) is 0 Å². The number of hydrogen-bond acceptors (Lipinski definition) is 5. The van der Waals surface area contributed by atoms with Crippen LogP contribution in [0.5, 0.6) is 0 Å². The van der Waals surface area contributed by atoms with Crippen molar-refractivity contribution < 1.29 is 24.0 Å². The van der Waals surface area contributed by atoms with Crippen LogP contribution >= 0.6 is 0 Å². The van der Waals surface area contributed by atoms with Crippen molar-refractivity contribution in [2.45, 2.75) is 0 Å². The molecule has 12 heavy (non-hydrogen) atoms. The summed E-state index contributed by atoms with van der Waals surface area (Å²) in [6, 6.07) is 1.31. The molecule has 1 heterocycles. The molecule has 64 valence electrons. The molecule has 5 nitrogen and oxygen atoms in total. The lowest BCUT2D eigenvalue weighted by Gasteiger charge is -1.97. The molecule has 0 aromatic carbocycles. The number of hydrogen-bond donors (Lipinski definition) is 2. The Bertz CT molecular complexity index is 279. The predicted molar refractivity (Wildman–Crippen MR) is 39.9 cm³/mol. The third-order valence-electron chi connectivity index (χ3n) is 1.33. The maximum absolute atomic E-state index is 10.9. The molecule has 0 amide bonds. The molecular weight excluding hydrogens is 163 g/mol. The van der Waals surface area contributed by atoms with Crippen molar-refractivity contribution in [3.05, 3.63) is 17.9 Å². The van der Waals surface area contributed by atoms with Gasteiger partial charge in [0.25, 0.3) is 0 Å². The predicted octanol–water partition coefficient (Wildman–Crippen LogP) is -1.25. The van der Waals surface area contributed by atoms with Crippen LogP contribution in [0.15, 0.2) is 16.7 Å². The van der Waals surface area contributed by atoms with E-state index in [0.717, 1.165) is 0 Å². The maximum atomic E-state index is 10.9. The lowest BCUT2D eigenvalue weighted by molar-refractivity contribution is 0.0601. The zero-order valence-electron chi connectivity index (χ0n) is 6.35. The molecule has 1 aromatic heterocycles. The van der Waals surface area contributed by atoms with Gasteiger partial charge < -0.3 is 19.2 Å². The van der Waals surface area contributed by atoms with Crippen molar-refractivity contribution in [2.75, 3.05) is 7.11 Å². The van der Waals surface area contributed by atoms with E-state index < -0.39 is 13.1 Å². The third kappa shape index (κ3) is 1.49. The smallest absolute Gasteiger partial charge is 0.472 e. The topological polar surface area (TPSA) is 79.9 Å². The number of furan rings is 1. The molecule has 0 radical (unpaired) electrons. The van der Waals surface area contributed by atoms with E-state index in [0.29, 0.717) is 0 Å². The number of methoxy groups -OCH3 is 1. The van der Waals surface area contributed by atoms with E-state index in [-0.39, 0.29) is 11.2 Å². The van der Waals surface area contributed by atoms with E-state index in [2.05, 4.69) is 9.15 Å². The average molecular weight is 170 g/mol. The Morgan fingerprint density at radius 2 is 2.33 bits per heavy atom. The van der Waals surface area contributed by atoms with Crippen LogP contribution in [-0.4, -0.2) is 30.2 Å². The van der Waals surface area contributed by atoms with Gasteiger partial charge in [-0.1, -0.05) is 0 Å². The average Bonchev–Trinajstić information content (AvgIpc) is 2.50. The van der Waals surface area contributed by atoms with Crippen LogP contribution in [0.3, 0.4) is 0 Å². The zero-order chi connectivity index (χ0) is 9.14. The molecule has 1 rings (SSSR count). The summed E-state index contributed by atoms with van der Waals surface area (Å²) >= 11 is 0. The van der Waals surface area contributed by atoms with Crippen molar-refractivity contribution in [3.8, 4) is 0 Å². The van der Waals surface area contributed by atoms with Crippen molar-refractivity contribution >= 4 is 18.7 Å². The Kier molecular flexibility index (Phi) is 2.52. The second-order valence-electron chi connectivity index (χ2n) is 2.06. The normalized spacial score (nSPS) is 9.58. The molecular formula is C6H7BO5. The minimum Gasteiger partial charge on any atom is -0.472 e. The molecule has 0 saturated carbocycles. The monoisotopic (exact) mass is 170 g/mol. The number of carbonyl (C=O) groups is 1. The summed E-state index contributed by atoms with van der Waals surface area (Å²) in [7, 11) is -0.600. The van der Waals surface area contributed by atoms with Gasteiger partial charge in [0, 0.05) is 0 Å². The molecule has 2 N–H and O–H groups in total. The number of esters is 1. The molecule has 0 aliphatic heterocycles. The Hall–Kier alpha value is -1.27. The van der Waals surface area contributed by atoms with Gasteiger partial charge in [-0.25, -0.2) is 4.79 Å². The fourth-order valence-electron chi connectivity index (χ4n) is 0.800. The summed E-state index contributed by atoms with van der Waals surface area (Å²) in [5.41, 5.74) is -0.186. The second kappa shape index (κ2) is 3.42. The van der Waals surface area contributed by atoms with Gasteiger partial charge in [0.05, 0.1) is 18.9 Å². The molecule has 6 heteroatoms. The first-order chi connectivity index (χ1) is 5.66. The molecule has 0 atom stereocenters. The van der Waals surface area contributed by atoms with E-state index in [1.54, 1.807) is 0 Å². The Labute approximate surface area is 68.7 Å². The fourth-order valence-corrected chi connectivity index (χ4v) is 0.800. The highest BCUT2D eigenvalue weighted by atomic mass is 16.5. The van der Waals surface area contributed by atoms with Crippen LogP contribution in [0, 0.1) is 0 Å². The van der Waals surface area contributed by atoms with Gasteiger partial charge in [-0.05, 0) is 6.07 Å². The van der Waals surface area contributed by atoms with Gasteiger partial charge in [0.2, 0.25) is 0 Å². The highest BCUT2D eigenvalue weighted by Gasteiger charge is 2.24. The first-order valence-electron chi connectivity index (χ1n) is 3.18. The minimum absolute atomic E-state index is 0.0208. The highest BCUT2D eigenvalue weighted by molar-refractivity contribution is 6.58. The standard InChI is InChI=1S/C6H7BO5/c1-11-6(8)4-2-3-12-5(4)7(9)10/h2-3,9-10H,1H3. The number of carbonyl (C=O) groups excluding carboxylic acids is 1. The van der Waals surface area contributed by atoms with Crippen LogP contribution in [0.4, 0.5) is 0 Å².